The maximum Gasteiger partial charge on any atom is 0.255 e. The van der Waals surface area contributed by atoms with Crippen LogP contribution in [-0.2, 0) is 6.42 Å². The Balaban J connectivity index is 1.58. The normalized spacial score (nSPS) is 10.9. The van der Waals surface area contributed by atoms with Gasteiger partial charge in [0.15, 0.2) is 0 Å². The van der Waals surface area contributed by atoms with Gasteiger partial charge in [0.25, 0.3) is 5.91 Å². The minimum atomic E-state index is -0.282. The lowest BCUT2D eigenvalue weighted by Crippen LogP contribution is -2.12. The highest BCUT2D eigenvalue weighted by Gasteiger charge is 2.13. The molecular weight excluding hydrogens is 412 g/mol. The molecule has 0 unspecified atom stereocenters. The molecule has 0 saturated carbocycles. The Bertz CT molecular complexity index is 1220. The predicted octanol–water partition coefficient (Wildman–Crippen LogP) is 5.68. The maximum atomic E-state index is 12.6. The van der Waals surface area contributed by atoms with Crippen LogP contribution in [0, 0.1) is 0 Å². The fraction of sp³-hybridized carbons (Fsp3) is 0.208. The van der Waals surface area contributed by atoms with Crippen molar-refractivity contribution >= 4 is 34.2 Å². The van der Waals surface area contributed by atoms with Gasteiger partial charge < -0.3 is 10.1 Å². The zero-order chi connectivity index (χ0) is 21.8. The van der Waals surface area contributed by atoms with Crippen LogP contribution in [0.1, 0.15) is 35.7 Å². The van der Waals surface area contributed by atoms with E-state index in [0.717, 1.165) is 12.1 Å². The number of aryl methyl sites for hydroxylation is 1. The molecular formula is C24H23ClN4O2. The number of hydrogen-bond acceptors (Lipinski definition) is 4. The number of fused-ring (bicyclic) bond motifs is 1. The Labute approximate surface area is 185 Å². The highest BCUT2D eigenvalue weighted by atomic mass is 35.5. The monoisotopic (exact) mass is 434 g/mol. The smallest absolute Gasteiger partial charge is 0.255 e. The molecule has 0 spiro atoms. The third kappa shape index (κ3) is 4.70. The van der Waals surface area contributed by atoms with Gasteiger partial charge in [0.2, 0.25) is 0 Å². The van der Waals surface area contributed by atoms with Crippen molar-refractivity contribution in [2.75, 3.05) is 12.4 Å². The van der Waals surface area contributed by atoms with Crippen LogP contribution >= 0.6 is 11.6 Å². The lowest BCUT2D eigenvalue weighted by Gasteiger charge is -2.08. The Morgan fingerprint density at radius 3 is 2.52 bits per heavy atom. The number of ether oxygens (including phenoxy) is 1. The fourth-order valence-electron chi connectivity index (χ4n) is 3.28. The Hall–Kier alpha value is -3.38. The molecule has 1 aromatic heterocycles. The SMILES string of the molecule is CCCCc1ccc(-n2nc3cc(Cl)c(NC(=O)c4cccc(OC)c4)cc3n2)cc1. The second-order valence-corrected chi connectivity index (χ2v) is 7.67. The number of benzene rings is 3. The fourth-order valence-corrected chi connectivity index (χ4v) is 3.49. The molecule has 7 heteroatoms. The van der Waals surface area contributed by atoms with Gasteiger partial charge >= 0.3 is 0 Å². The molecule has 1 N–H and O–H groups in total. The standard InChI is InChI=1S/C24H23ClN4O2/c1-3-4-6-16-9-11-18(12-10-16)29-27-22-14-20(25)21(15-23(22)28-29)26-24(30)17-7-5-8-19(13-17)31-2/h5,7-15H,3-4,6H2,1-2H3,(H,26,30). The minimum absolute atomic E-state index is 0.282. The van der Waals surface area contributed by atoms with E-state index in [1.165, 1.54) is 18.4 Å². The first-order chi connectivity index (χ1) is 15.1. The topological polar surface area (TPSA) is 69.0 Å². The quantitative estimate of drug-likeness (QED) is 0.406. The highest BCUT2D eigenvalue weighted by molar-refractivity contribution is 6.34. The van der Waals surface area contributed by atoms with Crippen LogP contribution in [0.2, 0.25) is 5.02 Å². The van der Waals surface area contributed by atoms with Crippen molar-refractivity contribution in [1.29, 1.82) is 0 Å². The first-order valence-corrected chi connectivity index (χ1v) is 10.6. The molecule has 4 rings (SSSR count). The third-order valence-corrected chi connectivity index (χ3v) is 5.35. The van der Waals surface area contributed by atoms with Crippen molar-refractivity contribution in [3.63, 3.8) is 0 Å². The Morgan fingerprint density at radius 2 is 1.81 bits per heavy atom. The Kier molecular flexibility index (Phi) is 6.18. The summed E-state index contributed by atoms with van der Waals surface area (Å²) >= 11 is 6.40. The minimum Gasteiger partial charge on any atom is -0.497 e. The molecule has 0 fully saturated rings. The molecule has 0 aliphatic carbocycles. The van der Waals surface area contributed by atoms with Gasteiger partial charge in [-0.2, -0.15) is 4.80 Å². The second kappa shape index (κ2) is 9.18. The average molecular weight is 435 g/mol. The lowest BCUT2D eigenvalue weighted by atomic mass is 10.1. The summed E-state index contributed by atoms with van der Waals surface area (Å²) in [7, 11) is 1.56. The van der Waals surface area contributed by atoms with E-state index in [4.69, 9.17) is 16.3 Å². The van der Waals surface area contributed by atoms with Crippen LogP contribution in [0.5, 0.6) is 5.75 Å². The number of carbonyl (C=O) groups is 1. The number of amides is 1. The van der Waals surface area contributed by atoms with E-state index in [-0.39, 0.29) is 5.91 Å². The molecule has 6 nitrogen and oxygen atoms in total. The maximum absolute atomic E-state index is 12.6. The summed E-state index contributed by atoms with van der Waals surface area (Å²) < 4.78 is 5.18. The summed E-state index contributed by atoms with van der Waals surface area (Å²) in [6.07, 6.45) is 3.41. The number of aromatic nitrogens is 3. The molecule has 0 saturated heterocycles. The van der Waals surface area contributed by atoms with Crippen molar-refractivity contribution < 1.29 is 9.53 Å². The molecule has 0 radical (unpaired) electrons. The van der Waals surface area contributed by atoms with Crippen LogP contribution in [0.15, 0.2) is 60.7 Å². The molecule has 31 heavy (non-hydrogen) atoms. The van der Waals surface area contributed by atoms with Crippen molar-refractivity contribution in [2.45, 2.75) is 26.2 Å². The van der Waals surface area contributed by atoms with Gasteiger partial charge in [0.05, 0.1) is 23.5 Å². The number of unbranched alkanes of at least 4 members (excludes halogenated alkanes) is 1. The van der Waals surface area contributed by atoms with Gasteiger partial charge in [-0.3, -0.25) is 4.79 Å². The van der Waals surface area contributed by atoms with E-state index in [2.05, 4.69) is 34.6 Å². The summed E-state index contributed by atoms with van der Waals surface area (Å²) in [6.45, 7) is 2.19. The zero-order valence-electron chi connectivity index (χ0n) is 17.4. The van der Waals surface area contributed by atoms with E-state index in [1.54, 1.807) is 48.3 Å². The molecule has 0 bridgehead atoms. The van der Waals surface area contributed by atoms with Gasteiger partial charge in [0, 0.05) is 5.56 Å². The van der Waals surface area contributed by atoms with Crippen LogP contribution in [0.4, 0.5) is 5.69 Å². The number of anilines is 1. The second-order valence-electron chi connectivity index (χ2n) is 7.27. The first kappa shape index (κ1) is 20.9. The molecule has 3 aromatic carbocycles. The average Bonchev–Trinajstić information content (AvgIpc) is 3.20. The van der Waals surface area contributed by atoms with E-state index in [0.29, 0.717) is 33.1 Å². The molecule has 1 amide bonds. The number of nitrogens with one attached hydrogen (secondary N) is 1. The summed E-state index contributed by atoms with van der Waals surface area (Å²) in [5.74, 6) is 0.327. The number of methoxy groups -OCH3 is 1. The number of nitrogens with zero attached hydrogens (tertiary/aromatic N) is 3. The molecule has 0 atom stereocenters. The van der Waals surface area contributed by atoms with Crippen LogP contribution in [0.3, 0.4) is 0 Å². The van der Waals surface area contributed by atoms with Crippen molar-refractivity contribution in [1.82, 2.24) is 15.0 Å². The highest BCUT2D eigenvalue weighted by Crippen LogP contribution is 2.28. The molecule has 0 aliphatic rings. The number of halogens is 1. The predicted molar refractivity (Wildman–Crippen MR) is 123 cm³/mol. The number of rotatable bonds is 7. The molecule has 0 aliphatic heterocycles. The molecule has 4 aromatic rings. The summed E-state index contributed by atoms with van der Waals surface area (Å²) in [5, 5.41) is 12.3. The molecule has 158 valence electrons. The number of hydrogen-bond donors (Lipinski definition) is 1. The van der Waals surface area contributed by atoms with Crippen LogP contribution in [0.25, 0.3) is 16.7 Å². The lowest BCUT2D eigenvalue weighted by molar-refractivity contribution is 0.102. The van der Waals surface area contributed by atoms with Gasteiger partial charge in [-0.1, -0.05) is 43.1 Å². The van der Waals surface area contributed by atoms with Crippen LogP contribution < -0.4 is 10.1 Å². The van der Waals surface area contributed by atoms with Gasteiger partial charge in [-0.25, -0.2) is 0 Å². The third-order valence-electron chi connectivity index (χ3n) is 5.04. The van der Waals surface area contributed by atoms with Crippen molar-refractivity contribution in [2.24, 2.45) is 0 Å². The summed E-state index contributed by atoms with van der Waals surface area (Å²) in [6, 6.07) is 18.6. The van der Waals surface area contributed by atoms with E-state index in [9.17, 15) is 4.79 Å². The van der Waals surface area contributed by atoms with Gasteiger partial charge in [-0.15, -0.1) is 10.2 Å². The van der Waals surface area contributed by atoms with E-state index >= 15 is 0 Å². The van der Waals surface area contributed by atoms with Gasteiger partial charge in [-0.05, 0) is 60.9 Å². The first-order valence-electron chi connectivity index (χ1n) is 10.2. The van der Waals surface area contributed by atoms with E-state index in [1.807, 2.05) is 12.1 Å². The molecule has 1 heterocycles. The number of carbonyl (C=O) groups excluding carboxylic acids is 1. The van der Waals surface area contributed by atoms with E-state index < -0.39 is 0 Å². The largest absolute Gasteiger partial charge is 0.497 e. The summed E-state index contributed by atoms with van der Waals surface area (Å²) in [5.41, 5.74) is 4.41. The van der Waals surface area contributed by atoms with Crippen molar-refractivity contribution in [3.05, 3.63) is 76.8 Å². The zero-order valence-corrected chi connectivity index (χ0v) is 18.2. The van der Waals surface area contributed by atoms with Crippen molar-refractivity contribution in [3.8, 4) is 11.4 Å². The van der Waals surface area contributed by atoms with Gasteiger partial charge in [0.1, 0.15) is 16.8 Å². The summed E-state index contributed by atoms with van der Waals surface area (Å²) in [4.78, 5) is 14.2. The Morgan fingerprint density at radius 1 is 1.06 bits per heavy atom. The van der Waals surface area contributed by atoms with Crippen LogP contribution in [-0.4, -0.2) is 28.0 Å².